The van der Waals surface area contributed by atoms with Crippen molar-refractivity contribution in [1.82, 2.24) is 0 Å². The molecule has 1 aliphatic rings. The van der Waals surface area contributed by atoms with E-state index < -0.39 is 0 Å². The van der Waals surface area contributed by atoms with E-state index in [0.717, 1.165) is 34.8 Å². The molecule has 1 heterocycles. The number of hydrogen-bond acceptors (Lipinski definition) is 4. The number of aliphatic hydroxyl groups excluding tert-OH is 1. The number of aliphatic hydroxyl groups is 1. The molecule has 0 spiro atoms. The van der Waals surface area contributed by atoms with E-state index in [-0.39, 0.29) is 19.3 Å². The Hall–Kier alpha value is -2.20. The van der Waals surface area contributed by atoms with Crippen LogP contribution in [0.15, 0.2) is 42.5 Å². The molecule has 1 unspecified atom stereocenters. The first-order chi connectivity index (χ1) is 10.3. The summed E-state index contributed by atoms with van der Waals surface area (Å²) >= 11 is 0. The molecule has 0 radical (unpaired) electrons. The summed E-state index contributed by atoms with van der Waals surface area (Å²) in [6, 6.07) is 13.7. The predicted octanol–water partition coefficient (Wildman–Crippen LogP) is 2.74. The van der Waals surface area contributed by atoms with Crippen molar-refractivity contribution < 1.29 is 19.3 Å². The van der Waals surface area contributed by atoms with E-state index in [2.05, 4.69) is 0 Å². The smallest absolute Gasteiger partial charge is 0.231 e. The second-order valence-electron chi connectivity index (χ2n) is 5.05. The summed E-state index contributed by atoms with van der Waals surface area (Å²) in [5, 5.41) is 9.71. The average molecular weight is 286 g/mol. The van der Waals surface area contributed by atoms with Crippen molar-refractivity contribution in [3.05, 3.63) is 53.6 Å². The molecule has 1 atom stereocenters. The van der Waals surface area contributed by atoms with Crippen LogP contribution in [-0.2, 0) is 6.42 Å². The van der Waals surface area contributed by atoms with Gasteiger partial charge in [0, 0.05) is 5.92 Å². The fourth-order valence-electron chi connectivity index (χ4n) is 2.54. The molecule has 0 amide bonds. The molecular formula is C17H18O4. The molecule has 4 nitrogen and oxygen atoms in total. The summed E-state index contributed by atoms with van der Waals surface area (Å²) in [5.41, 5.74) is 2.18. The van der Waals surface area contributed by atoms with Crippen LogP contribution >= 0.6 is 0 Å². The van der Waals surface area contributed by atoms with Gasteiger partial charge in [0.25, 0.3) is 0 Å². The van der Waals surface area contributed by atoms with Crippen molar-refractivity contribution in [3.8, 4) is 17.2 Å². The molecule has 21 heavy (non-hydrogen) atoms. The van der Waals surface area contributed by atoms with Crippen molar-refractivity contribution in [2.75, 3.05) is 20.5 Å². The van der Waals surface area contributed by atoms with Gasteiger partial charge in [0.15, 0.2) is 11.5 Å². The van der Waals surface area contributed by atoms with E-state index >= 15 is 0 Å². The largest absolute Gasteiger partial charge is 0.497 e. The van der Waals surface area contributed by atoms with Gasteiger partial charge in [-0.15, -0.1) is 0 Å². The van der Waals surface area contributed by atoms with Crippen LogP contribution in [0.3, 0.4) is 0 Å². The number of methoxy groups -OCH3 is 1. The van der Waals surface area contributed by atoms with Crippen LogP contribution in [-0.4, -0.2) is 25.6 Å². The van der Waals surface area contributed by atoms with Crippen LogP contribution in [0, 0.1) is 0 Å². The second kappa shape index (κ2) is 6.06. The number of hydrogen-bond donors (Lipinski definition) is 1. The van der Waals surface area contributed by atoms with Crippen molar-refractivity contribution >= 4 is 0 Å². The Labute approximate surface area is 123 Å². The normalized spacial score (nSPS) is 14.0. The van der Waals surface area contributed by atoms with Gasteiger partial charge in [0.05, 0.1) is 13.7 Å². The van der Waals surface area contributed by atoms with Gasteiger partial charge >= 0.3 is 0 Å². The minimum absolute atomic E-state index is 0.0200. The van der Waals surface area contributed by atoms with Gasteiger partial charge in [-0.05, 0) is 41.8 Å². The zero-order valence-electron chi connectivity index (χ0n) is 11.9. The standard InChI is InChI=1S/C17H18O4/c1-19-15-4-2-3-12(8-15)7-14(10-18)13-5-6-16-17(9-13)21-11-20-16/h2-6,8-9,14,18H,7,10-11H2,1H3. The third kappa shape index (κ3) is 2.95. The van der Waals surface area contributed by atoms with Crippen molar-refractivity contribution in [2.24, 2.45) is 0 Å². The lowest BCUT2D eigenvalue weighted by molar-refractivity contribution is 0.174. The molecule has 0 bridgehead atoms. The highest BCUT2D eigenvalue weighted by Crippen LogP contribution is 2.35. The zero-order valence-corrected chi connectivity index (χ0v) is 11.9. The summed E-state index contributed by atoms with van der Waals surface area (Å²) < 4.78 is 15.9. The van der Waals surface area contributed by atoms with Crippen LogP contribution in [0.1, 0.15) is 17.0 Å². The fraction of sp³-hybridized carbons (Fsp3) is 0.294. The van der Waals surface area contributed by atoms with Gasteiger partial charge in [-0.1, -0.05) is 18.2 Å². The first kappa shape index (κ1) is 13.8. The van der Waals surface area contributed by atoms with E-state index in [1.54, 1.807) is 7.11 Å². The SMILES string of the molecule is COc1cccc(CC(CO)c2ccc3c(c2)OCO3)c1. The molecule has 0 saturated heterocycles. The Morgan fingerprint density at radius 3 is 2.81 bits per heavy atom. The van der Waals surface area contributed by atoms with Gasteiger partial charge in [-0.2, -0.15) is 0 Å². The van der Waals surface area contributed by atoms with Crippen LogP contribution in [0.25, 0.3) is 0 Å². The molecular weight excluding hydrogens is 268 g/mol. The first-order valence-corrected chi connectivity index (χ1v) is 6.93. The van der Waals surface area contributed by atoms with Crippen molar-refractivity contribution in [3.63, 3.8) is 0 Å². The van der Waals surface area contributed by atoms with E-state index in [1.165, 1.54) is 0 Å². The summed E-state index contributed by atoms with van der Waals surface area (Å²) in [5.74, 6) is 2.36. The summed E-state index contributed by atoms with van der Waals surface area (Å²) in [6.45, 7) is 0.343. The maximum absolute atomic E-state index is 9.71. The van der Waals surface area contributed by atoms with Gasteiger partial charge in [-0.25, -0.2) is 0 Å². The highest BCUT2D eigenvalue weighted by Gasteiger charge is 2.18. The Balaban J connectivity index is 1.81. The topological polar surface area (TPSA) is 47.9 Å². The van der Waals surface area contributed by atoms with Crippen molar-refractivity contribution in [1.29, 1.82) is 0 Å². The average Bonchev–Trinajstić information content (AvgIpc) is 3.00. The molecule has 4 heteroatoms. The van der Waals surface area contributed by atoms with Crippen LogP contribution in [0.4, 0.5) is 0 Å². The molecule has 0 aliphatic carbocycles. The number of fused-ring (bicyclic) bond motifs is 1. The Morgan fingerprint density at radius 1 is 1.14 bits per heavy atom. The fourth-order valence-corrected chi connectivity index (χ4v) is 2.54. The second-order valence-corrected chi connectivity index (χ2v) is 5.05. The highest BCUT2D eigenvalue weighted by molar-refractivity contribution is 5.45. The van der Waals surface area contributed by atoms with Gasteiger partial charge in [0.1, 0.15) is 5.75 Å². The van der Waals surface area contributed by atoms with E-state index in [0.29, 0.717) is 0 Å². The van der Waals surface area contributed by atoms with E-state index in [1.807, 2.05) is 42.5 Å². The van der Waals surface area contributed by atoms with Gasteiger partial charge in [-0.3, -0.25) is 0 Å². The Morgan fingerprint density at radius 2 is 2.00 bits per heavy atom. The molecule has 2 aromatic carbocycles. The molecule has 3 rings (SSSR count). The van der Waals surface area contributed by atoms with E-state index in [9.17, 15) is 5.11 Å². The van der Waals surface area contributed by atoms with Crippen molar-refractivity contribution in [2.45, 2.75) is 12.3 Å². The lowest BCUT2D eigenvalue weighted by Gasteiger charge is -2.15. The minimum atomic E-state index is 0.0200. The maximum atomic E-state index is 9.71. The molecule has 110 valence electrons. The summed E-state index contributed by atoms with van der Waals surface area (Å²) in [6.07, 6.45) is 0.743. The summed E-state index contributed by atoms with van der Waals surface area (Å²) in [4.78, 5) is 0. The lowest BCUT2D eigenvalue weighted by Crippen LogP contribution is -2.08. The lowest BCUT2D eigenvalue weighted by atomic mass is 9.92. The van der Waals surface area contributed by atoms with E-state index in [4.69, 9.17) is 14.2 Å². The molecule has 0 saturated carbocycles. The third-order valence-corrected chi connectivity index (χ3v) is 3.70. The first-order valence-electron chi connectivity index (χ1n) is 6.93. The monoisotopic (exact) mass is 286 g/mol. The zero-order chi connectivity index (χ0) is 14.7. The molecule has 2 aromatic rings. The summed E-state index contributed by atoms with van der Waals surface area (Å²) in [7, 11) is 1.65. The predicted molar refractivity (Wildman–Crippen MR) is 79.1 cm³/mol. The number of benzene rings is 2. The minimum Gasteiger partial charge on any atom is -0.497 e. The molecule has 1 aliphatic heterocycles. The quantitative estimate of drug-likeness (QED) is 0.918. The van der Waals surface area contributed by atoms with Gasteiger partial charge in [0.2, 0.25) is 6.79 Å². The Bertz CT molecular complexity index is 624. The maximum Gasteiger partial charge on any atom is 0.231 e. The van der Waals surface area contributed by atoms with Crippen LogP contribution < -0.4 is 14.2 Å². The Kier molecular flexibility index (Phi) is 3.97. The number of ether oxygens (including phenoxy) is 3. The van der Waals surface area contributed by atoms with Crippen LogP contribution in [0.5, 0.6) is 17.2 Å². The highest BCUT2D eigenvalue weighted by atomic mass is 16.7. The van der Waals surface area contributed by atoms with Crippen LogP contribution in [0.2, 0.25) is 0 Å². The third-order valence-electron chi connectivity index (χ3n) is 3.70. The number of rotatable bonds is 5. The molecule has 1 N–H and O–H groups in total. The van der Waals surface area contributed by atoms with Gasteiger partial charge < -0.3 is 19.3 Å². The molecule has 0 fully saturated rings. The molecule has 0 aromatic heterocycles.